The van der Waals surface area contributed by atoms with Crippen molar-refractivity contribution in [3.63, 3.8) is 0 Å². The average Bonchev–Trinajstić information content (AvgIpc) is 2.44. The number of rotatable bonds is 1. The van der Waals surface area contributed by atoms with Gasteiger partial charge in [-0.25, -0.2) is 14.9 Å². The van der Waals surface area contributed by atoms with Gasteiger partial charge in [-0.15, -0.1) is 0 Å². The Kier molecular flexibility index (Phi) is 1.99. The number of fused-ring (bicyclic) bond motifs is 2. The third-order valence-corrected chi connectivity index (χ3v) is 2.79. The second-order valence-electron chi connectivity index (χ2n) is 3.52. The van der Waals surface area contributed by atoms with E-state index in [0.717, 1.165) is 0 Å². The number of nitrogens with zero attached hydrogens (tertiary/aromatic N) is 3. The van der Waals surface area contributed by atoms with Crippen molar-refractivity contribution in [1.82, 2.24) is 9.96 Å². The van der Waals surface area contributed by atoms with Gasteiger partial charge in [-0.3, -0.25) is 10.0 Å². The predicted octanol–water partition coefficient (Wildman–Crippen LogP) is -0.129. The fourth-order valence-electron chi connectivity index (χ4n) is 2.01. The first kappa shape index (κ1) is 9.14. The molecule has 76 valence electrons. The molecule has 3 amide bonds. The van der Waals surface area contributed by atoms with Crippen LogP contribution in [-0.2, 0) is 4.79 Å². The van der Waals surface area contributed by atoms with E-state index >= 15 is 0 Å². The fraction of sp³-hybridized carbons (Fsp3) is 0.625. The van der Waals surface area contributed by atoms with Gasteiger partial charge in [0.25, 0.3) is 5.91 Å². The van der Waals surface area contributed by atoms with E-state index < -0.39 is 18.0 Å². The van der Waals surface area contributed by atoms with Crippen LogP contribution in [0.15, 0.2) is 4.99 Å². The summed E-state index contributed by atoms with van der Waals surface area (Å²) in [6.45, 7) is 3.55. The fourth-order valence-corrected chi connectivity index (χ4v) is 2.01. The van der Waals surface area contributed by atoms with Crippen LogP contribution in [0.5, 0.6) is 0 Å². The SMILES string of the molecule is C=NC(=O)[C@@H]1CCC2CN1C(=O)N2O. The van der Waals surface area contributed by atoms with Crippen LogP contribution in [0, 0.1) is 0 Å². The number of carbonyl (C=O) groups is 2. The van der Waals surface area contributed by atoms with Gasteiger partial charge in [0.05, 0.1) is 6.04 Å². The molecule has 0 aromatic carbocycles. The van der Waals surface area contributed by atoms with Crippen LogP contribution in [0.3, 0.4) is 0 Å². The molecule has 0 aromatic rings. The molecule has 2 atom stereocenters. The normalized spacial score (nSPS) is 30.8. The van der Waals surface area contributed by atoms with Crippen LogP contribution in [0.25, 0.3) is 0 Å². The van der Waals surface area contributed by atoms with E-state index in [2.05, 4.69) is 11.7 Å². The summed E-state index contributed by atoms with van der Waals surface area (Å²) >= 11 is 0. The zero-order chi connectivity index (χ0) is 10.3. The summed E-state index contributed by atoms with van der Waals surface area (Å²) in [4.78, 5) is 27.3. The van der Waals surface area contributed by atoms with Gasteiger partial charge in [-0.2, -0.15) is 0 Å². The molecule has 2 heterocycles. The first-order chi connectivity index (χ1) is 6.65. The summed E-state index contributed by atoms with van der Waals surface area (Å²) < 4.78 is 0. The molecule has 2 bridgehead atoms. The van der Waals surface area contributed by atoms with Crippen molar-refractivity contribution >= 4 is 18.7 Å². The number of urea groups is 1. The summed E-state index contributed by atoms with van der Waals surface area (Å²) in [7, 11) is 0. The van der Waals surface area contributed by atoms with Crippen LogP contribution >= 0.6 is 0 Å². The Morgan fingerprint density at radius 1 is 1.57 bits per heavy atom. The number of hydroxylamine groups is 2. The standard InChI is InChI=1S/C8H11N3O3/c1-9-7(12)6-3-2-5-4-10(6)8(13)11(5)14/h5-6,14H,1-4H2/t5?,6-/m0/s1. The van der Waals surface area contributed by atoms with E-state index in [-0.39, 0.29) is 6.04 Å². The van der Waals surface area contributed by atoms with E-state index in [9.17, 15) is 14.8 Å². The number of hydrogen-bond donors (Lipinski definition) is 1. The molecule has 2 saturated heterocycles. The molecule has 2 rings (SSSR count). The lowest BCUT2D eigenvalue weighted by Crippen LogP contribution is -2.44. The molecule has 0 saturated carbocycles. The molecule has 2 fully saturated rings. The van der Waals surface area contributed by atoms with Crippen molar-refractivity contribution in [3.05, 3.63) is 0 Å². The van der Waals surface area contributed by atoms with E-state index in [1.54, 1.807) is 0 Å². The molecule has 0 aromatic heterocycles. The minimum absolute atomic E-state index is 0.170. The molecule has 2 aliphatic heterocycles. The maximum atomic E-state index is 11.4. The van der Waals surface area contributed by atoms with E-state index in [1.165, 1.54) is 4.90 Å². The zero-order valence-electron chi connectivity index (χ0n) is 7.59. The molecule has 0 spiro atoms. The molecule has 0 radical (unpaired) electrons. The molecule has 0 aliphatic carbocycles. The lowest BCUT2D eigenvalue weighted by atomic mass is 10.0. The first-order valence-electron chi connectivity index (χ1n) is 4.44. The molecular weight excluding hydrogens is 186 g/mol. The zero-order valence-corrected chi connectivity index (χ0v) is 7.59. The lowest BCUT2D eigenvalue weighted by molar-refractivity contribution is -0.122. The lowest BCUT2D eigenvalue weighted by Gasteiger charge is -2.27. The molecule has 14 heavy (non-hydrogen) atoms. The van der Waals surface area contributed by atoms with Gasteiger partial charge in [-0.05, 0) is 19.6 Å². The van der Waals surface area contributed by atoms with Gasteiger partial charge in [0.15, 0.2) is 0 Å². The molecule has 6 nitrogen and oxygen atoms in total. The second-order valence-corrected chi connectivity index (χ2v) is 3.52. The number of amides is 3. The van der Waals surface area contributed by atoms with Crippen molar-refractivity contribution in [2.75, 3.05) is 6.54 Å². The highest BCUT2D eigenvalue weighted by molar-refractivity contribution is 5.90. The highest BCUT2D eigenvalue weighted by Crippen LogP contribution is 2.28. The van der Waals surface area contributed by atoms with Crippen LogP contribution in [-0.4, -0.2) is 52.5 Å². The minimum Gasteiger partial charge on any atom is -0.309 e. The van der Waals surface area contributed by atoms with Gasteiger partial charge in [0.2, 0.25) is 0 Å². The van der Waals surface area contributed by atoms with Crippen LogP contribution in [0.4, 0.5) is 4.79 Å². The number of aliphatic imine (C=N–C) groups is 1. The van der Waals surface area contributed by atoms with E-state index in [1.807, 2.05) is 0 Å². The second kappa shape index (κ2) is 3.06. The van der Waals surface area contributed by atoms with Crippen LogP contribution in [0.1, 0.15) is 12.8 Å². The Morgan fingerprint density at radius 2 is 2.29 bits per heavy atom. The smallest absolute Gasteiger partial charge is 0.309 e. The van der Waals surface area contributed by atoms with Gasteiger partial charge in [-0.1, -0.05) is 0 Å². The maximum Gasteiger partial charge on any atom is 0.344 e. The van der Waals surface area contributed by atoms with Crippen molar-refractivity contribution in [2.45, 2.75) is 24.9 Å². The Morgan fingerprint density at radius 3 is 2.93 bits per heavy atom. The van der Waals surface area contributed by atoms with Crippen molar-refractivity contribution in [2.24, 2.45) is 4.99 Å². The largest absolute Gasteiger partial charge is 0.344 e. The highest BCUT2D eigenvalue weighted by Gasteiger charge is 2.46. The Labute approximate surface area is 80.8 Å². The quantitative estimate of drug-likeness (QED) is 0.470. The molecule has 1 unspecified atom stereocenters. The highest BCUT2D eigenvalue weighted by atomic mass is 16.5. The third kappa shape index (κ3) is 1.11. The Bertz CT molecular complexity index is 304. The number of piperidine rings is 1. The molecule has 6 heteroatoms. The Hall–Kier alpha value is -1.43. The van der Waals surface area contributed by atoms with Crippen LogP contribution < -0.4 is 0 Å². The summed E-state index contributed by atoms with van der Waals surface area (Å²) in [5.41, 5.74) is 0. The van der Waals surface area contributed by atoms with E-state index in [0.29, 0.717) is 24.4 Å². The van der Waals surface area contributed by atoms with Gasteiger partial charge < -0.3 is 4.90 Å². The van der Waals surface area contributed by atoms with Crippen molar-refractivity contribution in [1.29, 1.82) is 0 Å². The summed E-state index contributed by atoms with van der Waals surface area (Å²) in [5, 5.41) is 10.0. The van der Waals surface area contributed by atoms with E-state index in [4.69, 9.17) is 0 Å². The number of carbonyl (C=O) groups excluding carboxylic acids is 2. The maximum absolute atomic E-state index is 11.4. The predicted molar refractivity (Wildman–Crippen MR) is 47.1 cm³/mol. The van der Waals surface area contributed by atoms with Crippen molar-refractivity contribution in [3.8, 4) is 0 Å². The van der Waals surface area contributed by atoms with Gasteiger partial charge in [0, 0.05) is 6.54 Å². The number of hydrogen-bond acceptors (Lipinski definition) is 3. The Balaban J connectivity index is 2.21. The topological polar surface area (TPSA) is 73.2 Å². The molecule has 2 aliphatic rings. The minimum atomic E-state index is -0.534. The third-order valence-electron chi connectivity index (χ3n) is 2.79. The van der Waals surface area contributed by atoms with Gasteiger partial charge >= 0.3 is 6.03 Å². The van der Waals surface area contributed by atoms with Crippen molar-refractivity contribution < 1.29 is 14.8 Å². The summed E-state index contributed by atoms with van der Waals surface area (Å²) in [6.07, 6.45) is 1.18. The summed E-state index contributed by atoms with van der Waals surface area (Å²) in [6, 6.07) is -1.21. The van der Waals surface area contributed by atoms with Crippen LogP contribution in [0.2, 0.25) is 0 Å². The molecule has 1 N–H and O–H groups in total. The monoisotopic (exact) mass is 197 g/mol. The molecular formula is C8H11N3O3. The average molecular weight is 197 g/mol. The summed E-state index contributed by atoms with van der Waals surface area (Å²) in [5.74, 6) is -0.396. The first-order valence-corrected chi connectivity index (χ1v) is 4.44. The van der Waals surface area contributed by atoms with Gasteiger partial charge in [0.1, 0.15) is 6.04 Å².